The van der Waals surface area contributed by atoms with Crippen LogP contribution in [0.2, 0.25) is 0 Å². The van der Waals surface area contributed by atoms with E-state index in [9.17, 15) is 13.2 Å². The van der Waals surface area contributed by atoms with Gasteiger partial charge >= 0.3 is 0 Å². The van der Waals surface area contributed by atoms with Gasteiger partial charge in [0.25, 0.3) is 10.0 Å². The van der Waals surface area contributed by atoms with Crippen LogP contribution in [0.15, 0.2) is 88.6 Å². The fourth-order valence-electron chi connectivity index (χ4n) is 3.52. The fourth-order valence-corrected chi connectivity index (χ4v) is 5.87. The molecule has 34 heavy (non-hydrogen) atoms. The average Bonchev–Trinajstić information content (AvgIpc) is 3.53. The number of carbonyl (C=O) groups excluding carboxylic acids is 1. The van der Waals surface area contributed by atoms with E-state index in [1.165, 1.54) is 6.07 Å². The van der Waals surface area contributed by atoms with E-state index in [2.05, 4.69) is 10.0 Å². The van der Waals surface area contributed by atoms with Crippen molar-refractivity contribution in [3.63, 3.8) is 0 Å². The number of benzene rings is 2. The Hall–Kier alpha value is -3.27. The molecule has 0 saturated heterocycles. The maximum absolute atomic E-state index is 13.1. The van der Waals surface area contributed by atoms with Crippen molar-refractivity contribution in [1.29, 1.82) is 0 Å². The number of carbonyl (C=O) groups is 1. The van der Waals surface area contributed by atoms with Gasteiger partial charge in [-0.25, -0.2) is 13.1 Å². The van der Waals surface area contributed by atoms with Crippen molar-refractivity contribution in [1.82, 2.24) is 19.8 Å². The highest BCUT2D eigenvalue weighted by atomic mass is 32.2. The zero-order valence-electron chi connectivity index (χ0n) is 18.9. The SMILES string of the molecule is CC(C)[C@@H](NS(=O)(=O)c1cccs1)C(=O)NCc1cn(-c2ccccc2)nc1-c1ccccc1. The molecule has 2 aromatic carbocycles. The zero-order chi connectivity index (χ0) is 24.1. The molecule has 4 rings (SSSR count). The van der Waals surface area contributed by atoms with Crippen LogP contribution in [-0.2, 0) is 21.4 Å². The fraction of sp³-hybridized carbons (Fsp3) is 0.200. The van der Waals surface area contributed by atoms with E-state index in [1.807, 2.05) is 80.7 Å². The van der Waals surface area contributed by atoms with Gasteiger partial charge in [-0.1, -0.05) is 68.4 Å². The minimum atomic E-state index is -3.78. The van der Waals surface area contributed by atoms with Gasteiger partial charge in [-0.2, -0.15) is 9.82 Å². The summed E-state index contributed by atoms with van der Waals surface area (Å²) in [6, 6.07) is 21.8. The second-order valence-corrected chi connectivity index (χ2v) is 11.0. The first-order valence-corrected chi connectivity index (χ1v) is 13.2. The Morgan fingerprint density at radius 1 is 1.00 bits per heavy atom. The van der Waals surface area contributed by atoms with Crippen LogP contribution in [0, 0.1) is 5.92 Å². The molecule has 7 nitrogen and oxygen atoms in total. The summed E-state index contributed by atoms with van der Waals surface area (Å²) >= 11 is 1.11. The Kier molecular flexibility index (Phi) is 7.26. The number of hydrogen-bond donors (Lipinski definition) is 2. The van der Waals surface area contributed by atoms with Gasteiger partial charge in [0.05, 0.1) is 11.4 Å². The standard InChI is InChI=1S/C25H26N4O3S2/c1-18(2)23(28-34(31,32)22-14-9-15-33-22)25(30)26-16-20-17-29(21-12-7-4-8-13-21)27-24(20)19-10-5-3-6-11-19/h3-15,17-18,23,28H,16H2,1-2H3,(H,26,30)/t23-/m1/s1. The molecule has 1 amide bonds. The third-order valence-electron chi connectivity index (χ3n) is 5.30. The van der Waals surface area contributed by atoms with Crippen molar-refractivity contribution >= 4 is 27.3 Å². The number of hydrogen-bond acceptors (Lipinski definition) is 5. The lowest BCUT2D eigenvalue weighted by molar-refractivity contribution is -0.123. The third kappa shape index (κ3) is 5.44. The quantitative estimate of drug-likeness (QED) is 0.364. The topological polar surface area (TPSA) is 93.1 Å². The average molecular weight is 495 g/mol. The van der Waals surface area contributed by atoms with Crippen LogP contribution in [0.3, 0.4) is 0 Å². The molecule has 2 N–H and O–H groups in total. The molecule has 9 heteroatoms. The maximum atomic E-state index is 13.1. The molecule has 2 aromatic heterocycles. The lowest BCUT2D eigenvalue weighted by Gasteiger charge is -2.21. The highest BCUT2D eigenvalue weighted by Gasteiger charge is 2.29. The van der Waals surface area contributed by atoms with E-state index in [4.69, 9.17) is 5.10 Å². The molecule has 4 aromatic rings. The number of rotatable bonds is 9. The van der Waals surface area contributed by atoms with Crippen molar-refractivity contribution in [2.24, 2.45) is 5.92 Å². The minimum Gasteiger partial charge on any atom is -0.350 e. The van der Waals surface area contributed by atoms with Crippen LogP contribution in [0.4, 0.5) is 0 Å². The normalized spacial score (nSPS) is 12.6. The first-order chi connectivity index (χ1) is 16.3. The maximum Gasteiger partial charge on any atom is 0.250 e. The number of para-hydroxylation sites is 1. The lowest BCUT2D eigenvalue weighted by atomic mass is 10.0. The first-order valence-electron chi connectivity index (χ1n) is 10.9. The molecule has 0 fully saturated rings. The Bertz CT molecular complexity index is 1330. The van der Waals surface area contributed by atoms with E-state index in [1.54, 1.807) is 16.1 Å². The van der Waals surface area contributed by atoms with Gasteiger partial charge in [0, 0.05) is 23.9 Å². The Balaban J connectivity index is 1.57. The molecule has 0 aliphatic heterocycles. The van der Waals surface area contributed by atoms with Crippen LogP contribution >= 0.6 is 11.3 Å². The molecule has 176 valence electrons. The summed E-state index contributed by atoms with van der Waals surface area (Å²) in [6.07, 6.45) is 1.89. The molecular formula is C25H26N4O3S2. The molecule has 0 spiro atoms. The summed E-state index contributed by atoms with van der Waals surface area (Å²) in [5, 5.41) is 9.35. The van der Waals surface area contributed by atoms with E-state index >= 15 is 0 Å². The molecule has 0 unspecified atom stereocenters. The van der Waals surface area contributed by atoms with Gasteiger partial charge in [-0.05, 0) is 29.5 Å². The zero-order valence-corrected chi connectivity index (χ0v) is 20.5. The van der Waals surface area contributed by atoms with Crippen LogP contribution in [0.25, 0.3) is 16.9 Å². The van der Waals surface area contributed by atoms with Crippen molar-refractivity contribution in [2.45, 2.75) is 30.6 Å². The van der Waals surface area contributed by atoms with Gasteiger partial charge in [0.1, 0.15) is 10.3 Å². The number of amides is 1. The van der Waals surface area contributed by atoms with E-state index in [0.717, 1.165) is 33.8 Å². The summed E-state index contributed by atoms with van der Waals surface area (Å²) in [5.41, 5.74) is 3.42. The van der Waals surface area contributed by atoms with E-state index in [-0.39, 0.29) is 22.6 Å². The van der Waals surface area contributed by atoms with Crippen LogP contribution in [-0.4, -0.2) is 30.1 Å². The number of thiophene rings is 1. The van der Waals surface area contributed by atoms with Gasteiger partial charge in [0.2, 0.25) is 5.91 Å². The van der Waals surface area contributed by atoms with Crippen molar-refractivity contribution in [2.75, 3.05) is 0 Å². The highest BCUT2D eigenvalue weighted by Crippen LogP contribution is 2.24. The predicted octanol–water partition coefficient (Wildman–Crippen LogP) is 4.22. The second kappa shape index (κ2) is 10.3. The first kappa shape index (κ1) is 23.9. The second-order valence-electron chi connectivity index (χ2n) is 8.14. The van der Waals surface area contributed by atoms with Gasteiger partial charge in [-0.15, -0.1) is 11.3 Å². The van der Waals surface area contributed by atoms with Gasteiger partial charge < -0.3 is 5.32 Å². The van der Waals surface area contributed by atoms with Gasteiger partial charge in [-0.3, -0.25) is 4.79 Å². The monoisotopic (exact) mass is 494 g/mol. The van der Waals surface area contributed by atoms with Crippen molar-refractivity contribution in [3.05, 3.63) is 89.9 Å². The smallest absolute Gasteiger partial charge is 0.250 e. The summed E-state index contributed by atoms with van der Waals surface area (Å²) in [6.45, 7) is 3.83. The Morgan fingerprint density at radius 2 is 1.68 bits per heavy atom. The molecule has 0 aliphatic carbocycles. The summed E-state index contributed by atoms with van der Waals surface area (Å²) in [5.74, 6) is -0.628. The van der Waals surface area contributed by atoms with Gasteiger partial charge in [0.15, 0.2) is 0 Å². The summed E-state index contributed by atoms with van der Waals surface area (Å²) in [4.78, 5) is 13.1. The molecule has 0 aliphatic rings. The third-order valence-corrected chi connectivity index (χ3v) is 8.14. The number of nitrogens with one attached hydrogen (secondary N) is 2. The molecule has 1 atom stereocenters. The molecule has 0 bridgehead atoms. The van der Waals surface area contributed by atoms with Crippen LogP contribution in [0.1, 0.15) is 19.4 Å². The van der Waals surface area contributed by atoms with E-state index < -0.39 is 16.1 Å². The lowest BCUT2D eigenvalue weighted by Crippen LogP contribution is -2.49. The molecule has 2 heterocycles. The van der Waals surface area contributed by atoms with Crippen molar-refractivity contribution < 1.29 is 13.2 Å². The predicted molar refractivity (Wildman–Crippen MR) is 134 cm³/mol. The summed E-state index contributed by atoms with van der Waals surface area (Å²) < 4.78 is 29.9. The van der Waals surface area contributed by atoms with E-state index in [0.29, 0.717) is 0 Å². The minimum absolute atomic E-state index is 0.182. The van der Waals surface area contributed by atoms with Crippen molar-refractivity contribution in [3.8, 4) is 16.9 Å². The molecule has 0 radical (unpaired) electrons. The van der Waals surface area contributed by atoms with Crippen LogP contribution in [0.5, 0.6) is 0 Å². The number of aromatic nitrogens is 2. The highest BCUT2D eigenvalue weighted by molar-refractivity contribution is 7.91. The molecule has 0 saturated carbocycles. The number of nitrogens with zero attached hydrogens (tertiary/aromatic N) is 2. The van der Waals surface area contributed by atoms with Crippen LogP contribution < -0.4 is 10.0 Å². The molecular weight excluding hydrogens is 468 g/mol. The summed E-state index contributed by atoms with van der Waals surface area (Å²) in [7, 11) is -3.78. The largest absolute Gasteiger partial charge is 0.350 e. The number of sulfonamides is 1. The Morgan fingerprint density at radius 3 is 2.29 bits per heavy atom. The Labute approximate surface area is 203 Å².